The van der Waals surface area contributed by atoms with Crippen LogP contribution in [0.4, 0.5) is 4.79 Å². The van der Waals surface area contributed by atoms with Crippen LogP contribution >= 0.6 is 15.9 Å². The van der Waals surface area contributed by atoms with Crippen molar-refractivity contribution in [2.75, 3.05) is 7.05 Å². The first kappa shape index (κ1) is 14.0. The average Bonchev–Trinajstić information content (AvgIpc) is 2.42. The number of aromatic nitrogens is 2. The summed E-state index contributed by atoms with van der Waals surface area (Å²) in [5.41, 5.74) is 0.471. The molecule has 0 atom stereocenters. The molecule has 0 radical (unpaired) electrons. The summed E-state index contributed by atoms with van der Waals surface area (Å²) in [5.74, 6) is 0. The van der Waals surface area contributed by atoms with Crippen molar-refractivity contribution in [1.82, 2.24) is 14.7 Å². The summed E-state index contributed by atoms with van der Waals surface area (Å²) in [5, 5.41) is 4.15. The Bertz CT molecular complexity index is 409. The van der Waals surface area contributed by atoms with E-state index in [4.69, 9.17) is 4.74 Å². The third-order valence-electron chi connectivity index (χ3n) is 1.97. The Morgan fingerprint density at radius 3 is 2.59 bits per heavy atom. The Morgan fingerprint density at radius 2 is 2.18 bits per heavy atom. The van der Waals surface area contributed by atoms with E-state index in [1.165, 1.54) is 4.90 Å². The lowest BCUT2D eigenvalue weighted by Crippen LogP contribution is -2.33. The number of rotatable bonds is 2. The van der Waals surface area contributed by atoms with Crippen LogP contribution in [-0.2, 0) is 18.3 Å². The van der Waals surface area contributed by atoms with Crippen molar-refractivity contribution in [2.24, 2.45) is 7.05 Å². The zero-order chi connectivity index (χ0) is 13.2. The van der Waals surface area contributed by atoms with Gasteiger partial charge in [-0.15, -0.1) is 0 Å². The van der Waals surface area contributed by atoms with Gasteiger partial charge in [0.15, 0.2) is 0 Å². The highest BCUT2D eigenvalue weighted by atomic mass is 79.9. The van der Waals surface area contributed by atoms with E-state index < -0.39 is 5.60 Å². The summed E-state index contributed by atoms with van der Waals surface area (Å²) < 4.78 is 7.71. The summed E-state index contributed by atoms with van der Waals surface area (Å²) in [6.07, 6.45) is 1.53. The predicted molar refractivity (Wildman–Crippen MR) is 68.6 cm³/mol. The fraction of sp³-hybridized carbons (Fsp3) is 0.636. The van der Waals surface area contributed by atoms with Crippen molar-refractivity contribution in [3.8, 4) is 0 Å². The Hall–Kier alpha value is -1.04. The molecule has 17 heavy (non-hydrogen) atoms. The minimum absolute atomic E-state index is 0.340. The molecule has 6 heteroatoms. The van der Waals surface area contributed by atoms with Gasteiger partial charge >= 0.3 is 6.09 Å². The maximum Gasteiger partial charge on any atom is 0.410 e. The normalized spacial score (nSPS) is 11.4. The van der Waals surface area contributed by atoms with E-state index in [1.54, 1.807) is 11.7 Å². The van der Waals surface area contributed by atoms with Gasteiger partial charge in [-0.3, -0.25) is 4.68 Å². The summed E-state index contributed by atoms with van der Waals surface area (Å²) in [7, 11) is 3.54. The van der Waals surface area contributed by atoms with Crippen molar-refractivity contribution in [3.63, 3.8) is 0 Å². The second-order valence-corrected chi connectivity index (χ2v) is 5.71. The minimum atomic E-state index is -0.475. The number of halogens is 1. The maximum atomic E-state index is 11.7. The third-order valence-corrected chi connectivity index (χ3v) is 2.63. The Morgan fingerprint density at radius 1 is 1.59 bits per heavy atom. The smallest absolute Gasteiger partial charge is 0.410 e. The maximum absolute atomic E-state index is 11.7. The van der Waals surface area contributed by atoms with Gasteiger partial charge < -0.3 is 9.64 Å². The third kappa shape index (κ3) is 4.38. The second-order valence-electron chi connectivity index (χ2n) is 4.96. The number of carbonyl (C=O) groups excluding carboxylic acids is 1. The first-order chi connectivity index (χ1) is 7.69. The molecule has 0 aromatic carbocycles. The predicted octanol–water partition coefficient (Wildman–Crippen LogP) is 2.55. The molecule has 0 aliphatic carbocycles. The van der Waals surface area contributed by atoms with Gasteiger partial charge in [-0.1, -0.05) is 0 Å². The number of hydrogen-bond donors (Lipinski definition) is 0. The van der Waals surface area contributed by atoms with E-state index in [0.29, 0.717) is 6.54 Å². The molecule has 96 valence electrons. The van der Waals surface area contributed by atoms with E-state index in [2.05, 4.69) is 21.0 Å². The van der Waals surface area contributed by atoms with Gasteiger partial charge in [-0.25, -0.2) is 4.79 Å². The summed E-state index contributed by atoms with van der Waals surface area (Å²) in [6.45, 7) is 6.00. The van der Waals surface area contributed by atoms with Gasteiger partial charge in [-0.05, 0) is 36.7 Å². The molecule has 1 heterocycles. The molecule has 0 bridgehead atoms. The zero-order valence-electron chi connectivity index (χ0n) is 10.8. The highest BCUT2D eigenvalue weighted by molar-refractivity contribution is 9.10. The first-order valence-electron chi connectivity index (χ1n) is 5.31. The molecule has 0 saturated heterocycles. The van der Waals surface area contributed by atoms with Gasteiger partial charge in [0.25, 0.3) is 0 Å². The first-order valence-corrected chi connectivity index (χ1v) is 6.10. The number of nitrogens with zero attached hydrogens (tertiary/aromatic N) is 3. The van der Waals surface area contributed by atoms with Crippen molar-refractivity contribution in [3.05, 3.63) is 16.4 Å². The van der Waals surface area contributed by atoms with Gasteiger partial charge in [0.05, 0.1) is 6.54 Å². The lowest BCUT2D eigenvalue weighted by atomic mass is 10.2. The van der Waals surface area contributed by atoms with E-state index in [1.807, 2.05) is 34.0 Å². The van der Waals surface area contributed by atoms with Crippen LogP contribution < -0.4 is 0 Å². The molecule has 5 nitrogen and oxygen atoms in total. The molecule has 0 spiro atoms. The largest absolute Gasteiger partial charge is 0.444 e. The van der Waals surface area contributed by atoms with Crippen LogP contribution in [0.2, 0.25) is 0 Å². The number of carbonyl (C=O) groups is 1. The molecule has 1 amide bonds. The second kappa shape index (κ2) is 5.08. The van der Waals surface area contributed by atoms with Gasteiger partial charge in [0, 0.05) is 25.9 Å². The molecule has 0 N–H and O–H groups in total. The Labute approximate surface area is 110 Å². The summed E-state index contributed by atoms with van der Waals surface area (Å²) in [6, 6.07) is 0. The molecule has 1 rings (SSSR count). The lowest BCUT2D eigenvalue weighted by Gasteiger charge is -2.24. The van der Waals surface area contributed by atoms with Crippen molar-refractivity contribution < 1.29 is 9.53 Å². The number of hydrogen-bond acceptors (Lipinski definition) is 3. The molecule has 0 aliphatic heterocycles. The monoisotopic (exact) mass is 303 g/mol. The summed E-state index contributed by atoms with van der Waals surface area (Å²) in [4.78, 5) is 13.3. The van der Waals surface area contributed by atoms with Gasteiger partial charge in [0.1, 0.15) is 10.2 Å². The van der Waals surface area contributed by atoms with Crippen LogP contribution in [0.1, 0.15) is 26.3 Å². The topological polar surface area (TPSA) is 47.4 Å². The minimum Gasteiger partial charge on any atom is -0.444 e. The molecular weight excluding hydrogens is 286 g/mol. The Balaban J connectivity index is 2.63. The fourth-order valence-corrected chi connectivity index (χ4v) is 1.75. The molecule has 1 aromatic heterocycles. The molecular formula is C11H18BrN3O2. The number of amides is 1. The van der Waals surface area contributed by atoms with Crippen LogP contribution in [0.5, 0.6) is 0 Å². The van der Waals surface area contributed by atoms with Crippen LogP contribution in [0.3, 0.4) is 0 Å². The van der Waals surface area contributed by atoms with E-state index in [-0.39, 0.29) is 6.09 Å². The van der Waals surface area contributed by atoms with Crippen LogP contribution in [-0.4, -0.2) is 33.4 Å². The van der Waals surface area contributed by atoms with Crippen LogP contribution in [0, 0.1) is 0 Å². The highest BCUT2D eigenvalue weighted by Gasteiger charge is 2.20. The fourth-order valence-electron chi connectivity index (χ4n) is 1.28. The van der Waals surface area contributed by atoms with Crippen molar-refractivity contribution in [2.45, 2.75) is 32.9 Å². The van der Waals surface area contributed by atoms with E-state index >= 15 is 0 Å². The molecule has 0 fully saturated rings. The lowest BCUT2D eigenvalue weighted by molar-refractivity contribution is 0.0285. The highest BCUT2D eigenvalue weighted by Crippen LogP contribution is 2.17. The van der Waals surface area contributed by atoms with Crippen molar-refractivity contribution >= 4 is 22.0 Å². The van der Waals surface area contributed by atoms with E-state index in [9.17, 15) is 4.79 Å². The molecule has 0 unspecified atom stereocenters. The van der Waals surface area contributed by atoms with E-state index in [0.717, 1.165) is 10.2 Å². The standard InChI is InChI=1S/C11H18BrN3O2/c1-11(2,3)17-10(16)14(4)6-8-7-15(5)13-9(8)12/h7H,6H2,1-5H3. The van der Waals surface area contributed by atoms with Gasteiger partial charge in [0.2, 0.25) is 0 Å². The summed E-state index contributed by atoms with van der Waals surface area (Å²) >= 11 is 3.35. The quantitative estimate of drug-likeness (QED) is 0.843. The SMILES string of the molecule is CN(Cc1cn(C)nc1Br)C(=O)OC(C)(C)C. The zero-order valence-corrected chi connectivity index (χ0v) is 12.4. The van der Waals surface area contributed by atoms with Gasteiger partial charge in [-0.2, -0.15) is 5.10 Å². The number of ether oxygens (including phenoxy) is 1. The van der Waals surface area contributed by atoms with Crippen LogP contribution in [0.15, 0.2) is 10.8 Å². The molecule has 0 saturated carbocycles. The van der Waals surface area contributed by atoms with Crippen LogP contribution in [0.25, 0.3) is 0 Å². The average molecular weight is 304 g/mol. The molecule has 0 aliphatic rings. The van der Waals surface area contributed by atoms with Crippen molar-refractivity contribution in [1.29, 1.82) is 0 Å². The molecule has 1 aromatic rings. The Kier molecular flexibility index (Phi) is 4.19. The number of aryl methyl sites for hydroxylation is 1.